The van der Waals surface area contributed by atoms with E-state index in [1.807, 2.05) is 37.3 Å². The summed E-state index contributed by atoms with van der Waals surface area (Å²) in [5, 5.41) is 0.545. The number of rotatable bonds is 6. The Bertz CT molecular complexity index is 984. The molecule has 0 bridgehead atoms. The smallest absolute Gasteiger partial charge is 0.338 e. The van der Waals surface area contributed by atoms with Crippen molar-refractivity contribution in [3.05, 3.63) is 64.6 Å². The summed E-state index contributed by atoms with van der Waals surface area (Å²) in [5.74, 6) is 0.218. The molecule has 0 aromatic heterocycles. The predicted molar refractivity (Wildman–Crippen MR) is 115 cm³/mol. The summed E-state index contributed by atoms with van der Waals surface area (Å²) in [5.41, 5.74) is 1.89. The lowest BCUT2D eigenvalue weighted by Crippen LogP contribution is -2.23. The summed E-state index contributed by atoms with van der Waals surface area (Å²) in [6, 6.07) is 14.4. The average molecular weight is 410 g/mol. The summed E-state index contributed by atoms with van der Waals surface area (Å²) in [7, 11) is 3.28. The van der Waals surface area contributed by atoms with Crippen LogP contribution in [-0.4, -0.2) is 42.7 Å². The molecular formula is C22H22N2O4S. The van der Waals surface area contributed by atoms with Crippen LogP contribution in [0.5, 0.6) is 5.75 Å². The number of methoxy groups -OCH3 is 1. The van der Waals surface area contributed by atoms with Gasteiger partial charge in [0.15, 0.2) is 5.17 Å². The second-order valence-electron chi connectivity index (χ2n) is 6.33. The number of hydrogen-bond acceptors (Lipinski definition) is 6. The van der Waals surface area contributed by atoms with Crippen LogP contribution in [0.3, 0.4) is 0 Å². The third-order valence-electron chi connectivity index (χ3n) is 4.14. The number of amides is 1. The fourth-order valence-corrected chi connectivity index (χ4v) is 3.61. The van der Waals surface area contributed by atoms with Crippen LogP contribution >= 0.6 is 11.8 Å². The van der Waals surface area contributed by atoms with E-state index in [-0.39, 0.29) is 11.9 Å². The number of benzene rings is 2. The number of esters is 1. The van der Waals surface area contributed by atoms with Crippen molar-refractivity contribution in [3.8, 4) is 5.75 Å². The number of aliphatic imine (C=N–C) groups is 1. The van der Waals surface area contributed by atoms with Crippen LogP contribution in [-0.2, 0) is 9.53 Å². The van der Waals surface area contributed by atoms with Crippen molar-refractivity contribution in [1.29, 1.82) is 0 Å². The van der Waals surface area contributed by atoms with E-state index in [9.17, 15) is 9.59 Å². The Morgan fingerprint density at radius 1 is 1.21 bits per heavy atom. The Balaban J connectivity index is 1.83. The van der Waals surface area contributed by atoms with Crippen molar-refractivity contribution >= 4 is 40.6 Å². The molecule has 0 unspecified atom stereocenters. The summed E-state index contributed by atoms with van der Waals surface area (Å²) in [6.45, 7) is 2.32. The van der Waals surface area contributed by atoms with E-state index in [1.165, 1.54) is 16.7 Å². The summed E-state index contributed by atoms with van der Waals surface area (Å²) in [4.78, 5) is 31.3. The third-order valence-corrected chi connectivity index (χ3v) is 5.20. The van der Waals surface area contributed by atoms with Gasteiger partial charge in [0.05, 0.1) is 29.9 Å². The van der Waals surface area contributed by atoms with Crippen molar-refractivity contribution in [2.24, 2.45) is 4.99 Å². The number of ether oxygens (including phenoxy) is 2. The Morgan fingerprint density at radius 3 is 2.76 bits per heavy atom. The fourth-order valence-electron chi connectivity index (χ4n) is 2.63. The van der Waals surface area contributed by atoms with Crippen molar-refractivity contribution in [2.75, 3.05) is 20.8 Å². The lowest BCUT2D eigenvalue weighted by molar-refractivity contribution is -0.121. The van der Waals surface area contributed by atoms with Crippen LogP contribution in [0.25, 0.3) is 6.08 Å². The Kier molecular flexibility index (Phi) is 6.72. The molecule has 1 saturated heterocycles. The molecule has 0 spiro atoms. The van der Waals surface area contributed by atoms with Crippen LogP contribution in [0.4, 0.5) is 5.69 Å². The average Bonchev–Trinajstić information content (AvgIpc) is 3.00. The highest BCUT2D eigenvalue weighted by Crippen LogP contribution is 2.33. The molecule has 1 heterocycles. The van der Waals surface area contributed by atoms with Gasteiger partial charge in [-0.1, -0.05) is 25.1 Å². The maximum Gasteiger partial charge on any atom is 0.338 e. The molecule has 1 fully saturated rings. The molecular weight excluding hydrogens is 388 g/mol. The molecule has 0 radical (unpaired) electrons. The quantitative estimate of drug-likeness (QED) is 0.518. The van der Waals surface area contributed by atoms with Gasteiger partial charge in [-0.2, -0.15) is 0 Å². The van der Waals surface area contributed by atoms with Crippen LogP contribution in [0.2, 0.25) is 0 Å². The van der Waals surface area contributed by atoms with Gasteiger partial charge < -0.3 is 9.47 Å². The summed E-state index contributed by atoms with van der Waals surface area (Å²) >= 11 is 1.29. The first-order valence-corrected chi connectivity index (χ1v) is 10.0. The van der Waals surface area contributed by atoms with Crippen LogP contribution in [0.15, 0.2) is 58.4 Å². The van der Waals surface area contributed by atoms with E-state index in [0.717, 1.165) is 17.7 Å². The monoisotopic (exact) mass is 410 g/mol. The number of amidine groups is 1. The largest absolute Gasteiger partial charge is 0.497 e. The molecule has 0 N–H and O–H groups in total. The molecule has 1 aliphatic heterocycles. The predicted octanol–water partition coefficient (Wildman–Crippen LogP) is 4.50. The summed E-state index contributed by atoms with van der Waals surface area (Å²) < 4.78 is 10.4. The minimum absolute atomic E-state index is 0.130. The SMILES string of the molecule is CCCOC(=O)c1cccc(N=C2S/C(=C/c3cccc(OC)c3)C(=O)N2C)c1. The van der Waals surface area contributed by atoms with Crippen LogP contribution in [0, 0.1) is 0 Å². The summed E-state index contributed by atoms with van der Waals surface area (Å²) in [6.07, 6.45) is 2.58. The van der Waals surface area contributed by atoms with Crippen molar-refractivity contribution in [1.82, 2.24) is 4.90 Å². The molecule has 1 aliphatic rings. The highest BCUT2D eigenvalue weighted by molar-refractivity contribution is 8.18. The van der Waals surface area contributed by atoms with Gasteiger partial charge in [-0.3, -0.25) is 9.69 Å². The minimum Gasteiger partial charge on any atom is -0.497 e. The van der Waals surface area contributed by atoms with Gasteiger partial charge in [-0.25, -0.2) is 9.79 Å². The number of nitrogens with zero attached hydrogens (tertiary/aromatic N) is 2. The van der Waals surface area contributed by atoms with Gasteiger partial charge in [0.1, 0.15) is 5.75 Å². The molecule has 0 aliphatic carbocycles. The zero-order chi connectivity index (χ0) is 20.8. The number of carbonyl (C=O) groups excluding carboxylic acids is 2. The van der Waals surface area contributed by atoms with Gasteiger partial charge in [-0.05, 0) is 60.2 Å². The van der Waals surface area contributed by atoms with E-state index in [4.69, 9.17) is 9.47 Å². The molecule has 7 heteroatoms. The Labute approximate surface area is 174 Å². The van der Waals surface area contributed by atoms with Crippen molar-refractivity contribution < 1.29 is 19.1 Å². The zero-order valence-corrected chi connectivity index (χ0v) is 17.4. The lowest BCUT2D eigenvalue weighted by Gasteiger charge is -2.08. The van der Waals surface area contributed by atoms with Gasteiger partial charge in [0, 0.05) is 7.05 Å². The second-order valence-corrected chi connectivity index (χ2v) is 7.34. The molecule has 0 saturated carbocycles. The van der Waals surface area contributed by atoms with Gasteiger partial charge in [0.25, 0.3) is 5.91 Å². The molecule has 3 rings (SSSR count). The normalized spacial score (nSPS) is 16.5. The van der Waals surface area contributed by atoms with E-state index in [1.54, 1.807) is 38.4 Å². The molecule has 1 amide bonds. The van der Waals surface area contributed by atoms with Gasteiger partial charge in [0.2, 0.25) is 0 Å². The van der Waals surface area contributed by atoms with Gasteiger partial charge in [-0.15, -0.1) is 0 Å². The fraction of sp³-hybridized carbons (Fsp3) is 0.227. The van der Waals surface area contributed by atoms with Gasteiger partial charge >= 0.3 is 5.97 Å². The molecule has 0 atom stereocenters. The van der Waals surface area contributed by atoms with Crippen LogP contribution < -0.4 is 4.74 Å². The topological polar surface area (TPSA) is 68.2 Å². The molecule has 29 heavy (non-hydrogen) atoms. The molecule has 150 valence electrons. The highest BCUT2D eigenvalue weighted by Gasteiger charge is 2.30. The lowest BCUT2D eigenvalue weighted by atomic mass is 10.2. The van der Waals surface area contributed by atoms with E-state index in [0.29, 0.717) is 27.9 Å². The Morgan fingerprint density at radius 2 is 2.00 bits per heavy atom. The number of thioether (sulfide) groups is 1. The highest BCUT2D eigenvalue weighted by atomic mass is 32.2. The number of likely N-dealkylation sites (N-methyl/N-ethyl adjacent to an activating group) is 1. The molecule has 2 aromatic carbocycles. The minimum atomic E-state index is -0.379. The Hall–Kier alpha value is -3.06. The van der Waals surface area contributed by atoms with Crippen LogP contribution in [0.1, 0.15) is 29.3 Å². The second kappa shape index (κ2) is 9.43. The zero-order valence-electron chi connectivity index (χ0n) is 16.5. The maximum absolute atomic E-state index is 12.6. The standard InChI is InChI=1S/C22H22N2O4S/c1-4-11-28-21(26)16-8-6-9-17(14-16)23-22-24(2)20(25)19(29-22)13-15-7-5-10-18(12-15)27-3/h5-10,12-14H,4,11H2,1-3H3/b19-13+,23-22?. The van der Waals surface area contributed by atoms with Crippen molar-refractivity contribution in [2.45, 2.75) is 13.3 Å². The first-order chi connectivity index (χ1) is 14.0. The maximum atomic E-state index is 12.6. The first kappa shape index (κ1) is 20.7. The molecule has 2 aromatic rings. The van der Waals surface area contributed by atoms with E-state index >= 15 is 0 Å². The molecule has 6 nitrogen and oxygen atoms in total. The number of carbonyl (C=O) groups is 2. The first-order valence-electron chi connectivity index (χ1n) is 9.19. The third kappa shape index (κ3) is 5.06. The van der Waals surface area contributed by atoms with E-state index < -0.39 is 0 Å². The number of hydrogen-bond donors (Lipinski definition) is 0. The van der Waals surface area contributed by atoms with E-state index in [2.05, 4.69) is 4.99 Å². The van der Waals surface area contributed by atoms with Crippen molar-refractivity contribution in [3.63, 3.8) is 0 Å².